The molecule has 0 aromatic heterocycles. The molecule has 2 rings (SSSR count). The standard InChI is InChI=1S/C15H22N2O3/c1-10-6-7-17(9-13(10)18)8-11-4-3-5-12(16)14(11)15(19)20-2/h3-5,10,13,18H,6-9,16H2,1-2H3. The summed E-state index contributed by atoms with van der Waals surface area (Å²) < 4.78 is 4.80. The van der Waals surface area contributed by atoms with Crippen LogP contribution >= 0.6 is 0 Å². The summed E-state index contributed by atoms with van der Waals surface area (Å²) in [6.07, 6.45) is 0.642. The lowest BCUT2D eigenvalue weighted by Gasteiger charge is -2.34. The minimum absolute atomic E-state index is 0.314. The highest BCUT2D eigenvalue weighted by atomic mass is 16.5. The van der Waals surface area contributed by atoms with Crippen molar-refractivity contribution in [2.75, 3.05) is 25.9 Å². The fraction of sp³-hybridized carbons (Fsp3) is 0.533. The van der Waals surface area contributed by atoms with Crippen LogP contribution in [0, 0.1) is 5.92 Å². The lowest BCUT2D eigenvalue weighted by molar-refractivity contribution is 0.0257. The van der Waals surface area contributed by atoms with Crippen molar-refractivity contribution < 1.29 is 14.6 Å². The molecule has 1 saturated heterocycles. The van der Waals surface area contributed by atoms with Crippen LogP contribution in [0.2, 0.25) is 0 Å². The summed E-state index contributed by atoms with van der Waals surface area (Å²) in [5.41, 5.74) is 7.59. The van der Waals surface area contributed by atoms with E-state index >= 15 is 0 Å². The van der Waals surface area contributed by atoms with E-state index in [1.165, 1.54) is 7.11 Å². The first-order valence-corrected chi connectivity index (χ1v) is 6.89. The molecule has 0 saturated carbocycles. The smallest absolute Gasteiger partial charge is 0.340 e. The van der Waals surface area contributed by atoms with Gasteiger partial charge in [-0.1, -0.05) is 19.1 Å². The molecule has 1 heterocycles. The molecule has 1 aliphatic rings. The van der Waals surface area contributed by atoms with Crippen LogP contribution in [0.4, 0.5) is 5.69 Å². The van der Waals surface area contributed by atoms with Crippen LogP contribution in [-0.4, -0.2) is 42.3 Å². The van der Waals surface area contributed by atoms with Gasteiger partial charge in [0.15, 0.2) is 0 Å². The monoisotopic (exact) mass is 278 g/mol. The Morgan fingerprint density at radius 3 is 2.95 bits per heavy atom. The Kier molecular flexibility index (Phi) is 4.62. The number of hydrogen-bond donors (Lipinski definition) is 2. The minimum atomic E-state index is -0.413. The predicted molar refractivity (Wildman–Crippen MR) is 77.3 cm³/mol. The second kappa shape index (κ2) is 6.24. The molecule has 0 spiro atoms. The zero-order valence-corrected chi connectivity index (χ0v) is 12.0. The molecular weight excluding hydrogens is 256 g/mol. The van der Waals surface area contributed by atoms with Crippen LogP contribution in [-0.2, 0) is 11.3 Å². The van der Waals surface area contributed by atoms with Gasteiger partial charge in [0.25, 0.3) is 0 Å². The van der Waals surface area contributed by atoms with E-state index in [0.717, 1.165) is 18.5 Å². The molecule has 5 nitrogen and oxygen atoms in total. The molecule has 2 unspecified atom stereocenters. The number of rotatable bonds is 3. The van der Waals surface area contributed by atoms with Crippen LogP contribution in [0.5, 0.6) is 0 Å². The van der Waals surface area contributed by atoms with Gasteiger partial charge < -0.3 is 15.6 Å². The molecule has 2 atom stereocenters. The number of esters is 1. The van der Waals surface area contributed by atoms with Crippen molar-refractivity contribution in [3.05, 3.63) is 29.3 Å². The molecule has 1 aromatic rings. The van der Waals surface area contributed by atoms with Crippen molar-refractivity contribution in [2.24, 2.45) is 5.92 Å². The van der Waals surface area contributed by atoms with Crippen molar-refractivity contribution in [1.82, 2.24) is 4.90 Å². The number of ether oxygens (including phenoxy) is 1. The number of hydrogen-bond acceptors (Lipinski definition) is 5. The summed E-state index contributed by atoms with van der Waals surface area (Å²) in [5.74, 6) is -0.0869. The van der Waals surface area contributed by atoms with E-state index in [1.54, 1.807) is 6.07 Å². The zero-order valence-electron chi connectivity index (χ0n) is 12.0. The number of anilines is 1. The Hall–Kier alpha value is -1.59. The Bertz CT molecular complexity index is 490. The second-order valence-electron chi connectivity index (χ2n) is 5.44. The largest absolute Gasteiger partial charge is 0.465 e. The van der Waals surface area contributed by atoms with Crippen molar-refractivity contribution in [3.63, 3.8) is 0 Å². The summed E-state index contributed by atoms with van der Waals surface area (Å²) in [6.45, 7) is 4.19. The first-order valence-electron chi connectivity index (χ1n) is 6.89. The van der Waals surface area contributed by atoms with Crippen molar-refractivity contribution in [2.45, 2.75) is 26.0 Å². The molecule has 5 heteroatoms. The number of β-amino-alcohol motifs (C(OH)–C–C–N with tert-alkyl or cyclic N) is 1. The highest BCUT2D eigenvalue weighted by molar-refractivity contribution is 5.96. The topological polar surface area (TPSA) is 75.8 Å². The normalized spacial score (nSPS) is 23.6. The molecule has 1 aliphatic heterocycles. The molecule has 0 radical (unpaired) electrons. The Labute approximate surface area is 119 Å². The number of benzene rings is 1. The Morgan fingerprint density at radius 2 is 2.30 bits per heavy atom. The number of methoxy groups -OCH3 is 1. The van der Waals surface area contributed by atoms with E-state index in [0.29, 0.717) is 30.3 Å². The van der Waals surface area contributed by atoms with Crippen LogP contribution in [0.25, 0.3) is 0 Å². The lowest BCUT2D eigenvalue weighted by Crippen LogP contribution is -2.42. The maximum absolute atomic E-state index is 11.8. The van der Waals surface area contributed by atoms with Crippen LogP contribution in [0.1, 0.15) is 29.3 Å². The van der Waals surface area contributed by atoms with Crippen molar-refractivity contribution >= 4 is 11.7 Å². The number of likely N-dealkylation sites (tertiary alicyclic amines) is 1. The summed E-state index contributed by atoms with van der Waals surface area (Å²) in [5, 5.41) is 9.95. The molecule has 1 aromatic carbocycles. The maximum Gasteiger partial charge on any atom is 0.340 e. The molecule has 20 heavy (non-hydrogen) atoms. The maximum atomic E-state index is 11.8. The number of carbonyl (C=O) groups excluding carboxylic acids is 1. The number of aliphatic hydroxyl groups excluding tert-OH is 1. The molecule has 1 fully saturated rings. The Morgan fingerprint density at radius 1 is 1.55 bits per heavy atom. The third-order valence-corrected chi connectivity index (χ3v) is 3.97. The van der Waals surface area contributed by atoms with E-state index in [-0.39, 0.29) is 6.10 Å². The van der Waals surface area contributed by atoms with E-state index < -0.39 is 5.97 Å². The predicted octanol–water partition coefficient (Wildman–Crippen LogP) is 1.26. The van der Waals surface area contributed by atoms with E-state index in [1.807, 2.05) is 12.1 Å². The van der Waals surface area contributed by atoms with Crippen molar-refractivity contribution in [1.29, 1.82) is 0 Å². The van der Waals surface area contributed by atoms with Gasteiger partial charge >= 0.3 is 5.97 Å². The van der Waals surface area contributed by atoms with E-state index in [4.69, 9.17) is 10.5 Å². The molecule has 3 N–H and O–H groups in total. The van der Waals surface area contributed by atoms with Gasteiger partial charge in [0.1, 0.15) is 0 Å². The third-order valence-electron chi connectivity index (χ3n) is 3.97. The van der Waals surface area contributed by atoms with Crippen LogP contribution < -0.4 is 5.73 Å². The quantitative estimate of drug-likeness (QED) is 0.643. The van der Waals surface area contributed by atoms with Gasteiger partial charge in [0.05, 0.1) is 18.8 Å². The van der Waals surface area contributed by atoms with Gasteiger partial charge in [-0.3, -0.25) is 4.90 Å². The third kappa shape index (κ3) is 3.11. The SMILES string of the molecule is COC(=O)c1c(N)cccc1CN1CCC(C)C(O)C1. The van der Waals surface area contributed by atoms with Gasteiger partial charge in [0.2, 0.25) is 0 Å². The first-order chi connectivity index (χ1) is 9.52. The summed E-state index contributed by atoms with van der Waals surface area (Å²) >= 11 is 0. The summed E-state index contributed by atoms with van der Waals surface area (Å²) in [4.78, 5) is 14.0. The van der Waals surface area contributed by atoms with Gasteiger partial charge in [0, 0.05) is 18.8 Å². The van der Waals surface area contributed by atoms with Crippen LogP contribution in [0.3, 0.4) is 0 Å². The highest BCUT2D eigenvalue weighted by Gasteiger charge is 2.25. The fourth-order valence-electron chi connectivity index (χ4n) is 2.60. The van der Waals surface area contributed by atoms with Gasteiger partial charge in [-0.05, 0) is 30.5 Å². The van der Waals surface area contributed by atoms with Crippen LogP contribution in [0.15, 0.2) is 18.2 Å². The average Bonchev–Trinajstić information content (AvgIpc) is 2.42. The Balaban J connectivity index is 2.17. The van der Waals surface area contributed by atoms with Gasteiger partial charge in [-0.2, -0.15) is 0 Å². The lowest BCUT2D eigenvalue weighted by atomic mass is 9.95. The van der Waals surface area contributed by atoms with Crippen molar-refractivity contribution in [3.8, 4) is 0 Å². The number of nitrogens with zero attached hydrogens (tertiary/aromatic N) is 1. The van der Waals surface area contributed by atoms with Gasteiger partial charge in [-0.15, -0.1) is 0 Å². The zero-order chi connectivity index (χ0) is 14.7. The van der Waals surface area contributed by atoms with Gasteiger partial charge in [-0.25, -0.2) is 4.79 Å². The number of aliphatic hydroxyl groups is 1. The second-order valence-corrected chi connectivity index (χ2v) is 5.44. The summed E-state index contributed by atoms with van der Waals surface area (Å²) in [6, 6.07) is 5.41. The molecule has 0 bridgehead atoms. The first kappa shape index (κ1) is 14.8. The average molecular weight is 278 g/mol. The number of piperidine rings is 1. The molecule has 0 amide bonds. The van der Waals surface area contributed by atoms with E-state index in [2.05, 4.69) is 11.8 Å². The fourth-order valence-corrected chi connectivity index (χ4v) is 2.60. The number of nitrogens with two attached hydrogens (primary N) is 1. The molecule has 110 valence electrons. The minimum Gasteiger partial charge on any atom is -0.465 e. The summed E-state index contributed by atoms with van der Waals surface area (Å²) in [7, 11) is 1.35. The molecular formula is C15H22N2O3. The number of nitrogen functional groups attached to an aromatic ring is 1. The highest BCUT2D eigenvalue weighted by Crippen LogP contribution is 2.23. The molecule has 0 aliphatic carbocycles. The van der Waals surface area contributed by atoms with E-state index in [9.17, 15) is 9.90 Å². The number of carbonyl (C=O) groups is 1.